The van der Waals surface area contributed by atoms with Crippen molar-refractivity contribution in [1.29, 1.82) is 5.26 Å². The molecule has 2 N–H and O–H groups in total. The molecule has 1 aliphatic rings. The van der Waals surface area contributed by atoms with E-state index in [0.29, 0.717) is 41.8 Å². The van der Waals surface area contributed by atoms with Gasteiger partial charge in [0, 0.05) is 0 Å². The fraction of sp³-hybridized carbons (Fsp3) is 0.333. The number of hydrogen-bond donors (Lipinski definition) is 1. The maximum Gasteiger partial charge on any atom is 0.338 e. The number of carbonyl (C=O) groups is 1. The van der Waals surface area contributed by atoms with Gasteiger partial charge in [0.2, 0.25) is 5.88 Å². The van der Waals surface area contributed by atoms with Crippen molar-refractivity contribution in [3.8, 4) is 23.3 Å². The molecule has 2 aromatic carbocycles. The summed E-state index contributed by atoms with van der Waals surface area (Å²) in [4.78, 5) is 12.7. The first-order valence-corrected chi connectivity index (χ1v) is 11.5. The molecular weight excluding hydrogens is 448 g/mol. The van der Waals surface area contributed by atoms with E-state index in [2.05, 4.69) is 6.07 Å². The minimum atomic E-state index is -0.730. The van der Waals surface area contributed by atoms with Crippen molar-refractivity contribution in [3.05, 3.63) is 76.4 Å². The predicted octanol–water partition coefficient (Wildman–Crippen LogP) is 4.71. The number of hydrogen-bond acceptors (Lipinski definition) is 8. The number of esters is 1. The molecule has 35 heavy (non-hydrogen) atoms. The number of benzene rings is 2. The van der Waals surface area contributed by atoms with Crippen molar-refractivity contribution in [3.63, 3.8) is 0 Å². The van der Waals surface area contributed by atoms with Crippen LogP contribution in [-0.4, -0.2) is 25.8 Å². The van der Waals surface area contributed by atoms with Crippen LogP contribution in [0.4, 0.5) is 0 Å². The first kappa shape index (κ1) is 25.5. The van der Waals surface area contributed by atoms with Gasteiger partial charge in [0.15, 0.2) is 11.5 Å². The number of ether oxygens (including phenoxy) is 5. The van der Waals surface area contributed by atoms with Gasteiger partial charge in [-0.25, -0.2) is 4.79 Å². The normalized spacial score (nSPS) is 15.2. The molecule has 0 bridgehead atoms. The van der Waals surface area contributed by atoms with Gasteiger partial charge >= 0.3 is 5.97 Å². The first-order valence-electron chi connectivity index (χ1n) is 11.5. The summed E-state index contributed by atoms with van der Waals surface area (Å²) in [5.74, 6) is 0.886. The van der Waals surface area contributed by atoms with E-state index in [1.807, 2.05) is 38.1 Å². The molecule has 0 saturated heterocycles. The van der Waals surface area contributed by atoms with Crippen molar-refractivity contribution in [2.24, 2.45) is 5.73 Å². The molecule has 0 spiro atoms. The van der Waals surface area contributed by atoms with Crippen LogP contribution < -0.4 is 19.9 Å². The molecule has 1 atom stereocenters. The Bertz CT molecular complexity index is 1180. The van der Waals surface area contributed by atoms with Crippen LogP contribution in [0, 0.1) is 11.3 Å². The summed E-state index contributed by atoms with van der Waals surface area (Å²) in [5.41, 5.74) is 7.93. The highest BCUT2D eigenvalue weighted by atomic mass is 16.5. The van der Waals surface area contributed by atoms with Crippen LogP contribution in [0.1, 0.15) is 44.7 Å². The highest BCUT2D eigenvalue weighted by molar-refractivity contribution is 5.92. The molecule has 8 heteroatoms. The minimum absolute atomic E-state index is 0.0350. The number of carbonyl (C=O) groups excluding carboxylic acids is 1. The van der Waals surface area contributed by atoms with Gasteiger partial charge in [0.05, 0.1) is 31.3 Å². The monoisotopic (exact) mass is 478 g/mol. The van der Waals surface area contributed by atoms with Gasteiger partial charge in [-0.3, -0.25) is 0 Å². The molecule has 1 heterocycles. The lowest BCUT2D eigenvalue weighted by Crippen LogP contribution is -2.25. The Hall–Kier alpha value is -4.12. The molecule has 0 fully saturated rings. The number of rotatable bonds is 10. The number of allylic oxidation sites excluding steroid dienone is 2. The molecular formula is C27H30N2O6. The van der Waals surface area contributed by atoms with Gasteiger partial charge in [0.25, 0.3) is 0 Å². The summed E-state index contributed by atoms with van der Waals surface area (Å²) in [6.07, 6.45) is 0. The van der Waals surface area contributed by atoms with Gasteiger partial charge in [-0.1, -0.05) is 18.2 Å². The van der Waals surface area contributed by atoms with Crippen LogP contribution in [0.5, 0.6) is 17.2 Å². The second-order valence-electron chi connectivity index (χ2n) is 7.62. The average Bonchev–Trinajstić information content (AvgIpc) is 2.84. The Kier molecular flexibility index (Phi) is 8.63. The molecule has 1 unspecified atom stereocenters. The second-order valence-corrected chi connectivity index (χ2v) is 7.62. The third-order valence-corrected chi connectivity index (χ3v) is 5.31. The second kappa shape index (κ2) is 11.8. The quantitative estimate of drug-likeness (QED) is 0.489. The van der Waals surface area contributed by atoms with E-state index in [9.17, 15) is 10.1 Å². The summed E-state index contributed by atoms with van der Waals surface area (Å²) < 4.78 is 28.0. The SMILES string of the molecule is CCOC(=O)C1=C(C)OC(N)=C(C#N)C1c1cccc(OCc2ccc(OCC)c(OCC)c2)c1. The lowest BCUT2D eigenvalue weighted by Gasteiger charge is -2.27. The van der Waals surface area contributed by atoms with E-state index >= 15 is 0 Å². The van der Waals surface area contributed by atoms with Crippen LogP contribution in [0.2, 0.25) is 0 Å². The maximum atomic E-state index is 12.7. The van der Waals surface area contributed by atoms with E-state index in [-0.39, 0.29) is 30.2 Å². The Morgan fingerprint density at radius 1 is 1.03 bits per heavy atom. The van der Waals surface area contributed by atoms with E-state index in [1.165, 1.54) is 0 Å². The van der Waals surface area contributed by atoms with Crippen molar-refractivity contribution in [2.45, 2.75) is 40.2 Å². The Morgan fingerprint density at radius 2 is 1.77 bits per heavy atom. The molecule has 184 valence electrons. The zero-order valence-electron chi connectivity index (χ0n) is 20.4. The van der Waals surface area contributed by atoms with E-state index in [4.69, 9.17) is 29.4 Å². The van der Waals surface area contributed by atoms with Gasteiger partial charge in [-0.05, 0) is 63.1 Å². The summed E-state index contributed by atoms with van der Waals surface area (Å²) in [7, 11) is 0. The third kappa shape index (κ3) is 5.87. The molecule has 0 radical (unpaired) electrons. The molecule has 0 aromatic heterocycles. The maximum absolute atomic E-state index is 12.7. The van der Waals surface area contributed by atoms with Crippen molar-refractivity contribution in [2.75, 3.05) is 19.8 Å². The fourth-order valence-electron chi connectivity index (χ4n) is 3.82. The molecule has 0 aliphatic carbocycles. The van der Waals surface area contributed by atoms with Gasteiger partial charge < -0.3 is 29.4 Å². The number of nitrogens with two attached hydrogens (primary N) is 1. The lowest BCUT2D eigenvalue weighted by molar-refractivity contribution is -0.139. The fourth-order valence-corrected chi connectivity index (χ4v) is 3.82. The number of nitrogens with zero attached hydrogens (tertiary/aromatic N) is 1. The van der Waals surface area contributed by atoms with E-state index in [0.717, 1.165) is 5.56 Å². The summed E-state index contributed by atoms with van der Waals surface area (Å²) >= 11 is 0. The molecule has 0 saturated carbocycles. The average molecular weight is 479 g/mol. The smallest absolute Gasteiger partial charge is 0.338 e. The summed E-state index contributed by atoms with van der Waals surface area (Å²) in [6.45, 7) is 8.72. The minimum Gasteiger partial charge on any atom is -0.490 e. The van der Waals surface area contributed by atoms with E-state index in [1.54, 1.807) is 32.0 Å². The third-order valence-electron chi connectivity index (χ3n) is 5.31. The molecule has 8 nitrogen and oxygen atoms in total. The predicted molar refractivity (Wildman–Crippen MR) is 130 cm³/mol. The molecule has 1 aliphatic heterocycles. The van der Waals surface area contributed by atoms with Crippen molar-refractivity contribution >= 4 is 5.97 Å². The Balaban J connectivity index is 1.88. The zero-order valence-corrected chi connectivity index (χ0v) is 20.4. The standard InChI is InChI=1S/C27H30N2O6/c1-5-31-22-12-11-18(13-23(22)32-6-2)16-34-20-10-8-9-19(14-20)25-21(15-28)26(29)35-17(4)24(25)27(30)33-7-3/h8-14,25H,5-7,16,29H2,1-4H3. The Labute approximate surface area is 205 Å². The Morgan fingerprint density at radius 3 is 2.46 bits per heavy atom. The van der Waals surface area contributed by atoms with Gasteiger partial charge in [-0.2, -0.15) is 5.26 Å². The molecule has 2 aromatic rings. The largest absolute Gasteiger partial charge is 0.490 e. The van der Waals surface area contributed by atoms with Gasteiger partial charge in [0.1, 0.15) is 29.8 Å². The first-order chi connectivity index (χ1) is 16.9. The van der Waals surface area contributed by atoms with Crippen molar-refractivity contribution in [1.82, 2.24) is 0 Å². The molecule has 3 rings (SSSR count). The van der Waals surface area contributed by atoms with Crippen LogP contribution in [0.3, 0.4) is 0 Å². The summed E-state index contributed by atoms with van der Waals surface area (Å²) in [6, 6.07) is 14.9. The highest BCUT2D eigenvalue weighted by Crippen LogP contribution is 2.40. The topological polar surface area (TPSA) is 113 Å². The lowest BCUT2D eigenvalue weighted by atomic mass is 9.83. The van der Waals surface area contributed by atoms with Crippen molar-refractivity contribution < 1.29 is 28.5 Å². The van der Waals surface area contributed by atoms with E-state index < -0.39 is 11.9 Å². The van der Waals surface area contributed by atoms with Crippen LogP contribution in [0.25, 0.3) is 0 Å². The zero-order chi connectivity index (χ0) is 25.4. The summed E-state index contributed by atoms with van der Waals surface area (Å²) in [5, 5.41) is 9.76. The molecule has 0 amide bonds. The van der Waals surface area contributed by atoms with Crippen LogP contribution >= 0.6 is 0 Å². The van der Waals surface area contributed by atoms with Crippen LogP contribution in [-0.2, 0) is 20.9 Å². The number of nitriles is 1. The van der Waals surface area contributed by atoms with Gasteiger partial charge in [-0.15, -0.1) is 0 Å². The highest BCUT2D eigenvalue weighted by Gasteiger charge is 2.36. The van der Waals surface area contributed by atoms with Crippen LogP contribution in [0.15, 0.2) is 65.3 Å².